The second-order valence-electron chi connectivity index (χ2n) is 11.1. The van der Waals surface area contributed by atoms with Gasteiger partial charge in [0, 0.05) is 16.5 Å². The largest absolute Gasteiger partial charge is 0 e. The molecule has 0 unspecified atom stereocenters. The summed E-state index contributed by atoms with van der Waals surface area (Å²) in [5, 5.41) is 7.73. The zero-order valence-electron chi connectivity index (χ0n) is 24.3. The topological polar surface area (TPSA) is 0 Å². The molecule has 0 aromatic heterocycles. The number of halogens is 2. The first-order valence-corrected chi connectivity index (χ1v) is 19.8. The van der Waals surface area contributed by atoms with Gasteiger partial charge in [-0.2, -0.15) is 0 Å². The minimum atomic E-state index is -3.00. The van der Waals surface area contributed by atoms with Crippen LogP contribution in [-0.2, 0) is 16.5 Å². The van der Waals surface area contributed by atoms with E-state index < -0.39 is 18.6 Å². The van der Waals surface area contributed by atoms with E-state index in [0.717, 1.165) is 6.16 Å². The number of hydrogen-bond donors (Lipinski definition) is 0. The number of alkyl halides is 2. The fourth-order valence-electron chi connectivity index (χ4n) is 6.83. The summed E-state index contributed by atoms with van der Waals surface area (Å²) in [6, 6.07) is 65.3. The molecule has 0 bridgehead atoms. The molecule has 0 spiro atoms. The molecule has 0 N–H and O–H groups in total. The predicted molar refractivity (Wildman–Crippen MR) is 197 cm³/mol. The Morgan fingerprint density at radius 1 is 0.364 bits per heavy atom. The van der Waals surface area contributed by atoms with Gasteiger partial charge in [-0.05, 0) is 0 Å². The molecule has 226 valence electrons. The van der Waals surface area contributed by atoms with E-state index in [2.05, 4.69) is 182 Å². The van der Waals surface area contributed by atoms with Crippen molar-refractivity contribution in [3.63, 3.8) is 0 Å². The first-order valence-electron chi connectivity index (χ1n) is 14.8. The third kappa shape index (κ3) is 6.07. The van der Waals surface area contributed by atoms with Crippen LogP contribution < -0.4 is 31.8 Å². The molecule has 0 radical (unpaired) electrons. The van der Waals surface area contributed by atoms with Gasteiger partial charge in [0.2, 0.25) is 0 Å². The molecule has 44 heavy (non-hydrogen) atoms. The molecule has 6 aromatic rings. The Balaban J connectivity index is 0.00000384. The fraction of sp³-hybridized carbons (Fsp3) is 0.0769. The fourth-order valence-corrected chi connectivity index (χ4v) is 19.3. The van der Waals surface area contributed by atoms with Crippen LogP contribution in [0.25, 0.3) is 0 Å². The third-order valence-electron chi connectivity index (χ3n) is 8.78. The van der Waals surface area contributed by atoms with Gasteiger partial charge in [0.15, 0.2) is 0 Å². The van der Waals surface area contributed by atoms with E-state index >= 15 is 0 Å². The summed E-state index contributed by atoms with van der Waals surface area (Å²) >= 11 is 16.0. The van der Waals surface area contributed by atoms with Crippen LogP contribution in [0.1, 0.15) is 6.42 Å². The molecular weight excluding hydrogens is 660 g/mol. The Hall–Kier alpha value is -2.75. The SMILES string of the molecule is ClC(Cl)(CC[PH](c1ccccc1)(c1ccccc1)c1ccccc1)[PH](c1ccccc1)(c1ccccc1)c1ccccc1.[Ni]. The van der Waals surface area contributed by atoms with Crippen molar-refractivity contribution in [2.45, 2.75) is 10.5 Å². The van der Waals surface area contributed by atoms with Crippen LogP contribution in [-0.4, -0.2) is 10.2 Å². The van der Waals surface area contributed by atoms with Crippen molar-refractivity contribution < 1.29 is 16.5 Å². The second-order valence-corrected chi connectivity index (χ2v) is 21.3. The standard InChI is InChI=1S/C39H36Cl2P2.Ni/c40-39(41,43(36-25-13-4-14-26-36,37-27-15-5-16-28-37)38-29-17-6-18-30-38)31-32-42(33-19-7-1-8-20-33,34-21-9-2-10-22-34)35-23-11-3-12-24-35;/h1-30,42-43H,31-32H2;. The first kappa shape index (κ1) is 32.6. The molecule has 0 heterocycles. The van der Waals surface area contributed by atoms with Crippen molar-refractivity contribution in [2.24, 2.45) is 0 Å². The van der Waals surface area contributed by atoms with E-state index in [1.807, 2.05) is 0 Å². The Kier molecular flexibility index (Phi) is 10.8. The Morgan fingerprint density at radius 3 is 0.841 bits per heavy atom. The van der Waals surface area contributed by atoms with E-state index in [0.29, 0.717) is 6.42 Å². The molecule has 0 aliphatic heterocycles. The zero-order chi connectivity index (χ0) is 29.6. The van der Waals surface area contributed by atoms with Crippen molar-refractivity contribution in [3.05, 3.63) is 182 Å². The third-order valence-corrected chi connectivity index (χ3v) is 20.8. The molecule has 5 heteroatoms. The van der Waals surface area contributed by atoms with Gasteiger partial charge in [-0.3, -0.25) is 0 Å². The Bertz CT molecular complexity index is 1530. The average Bonchev–Trinajstić information content (AvgIpc) is 3.08. The van der Waals surface area contributed by atoms with Gasteiger partial charge >= 0.3 is 268 Å². The maximum Gasteiger partial charge on any atom is 0 e. The van der Waals surface area contributed by atoms with Gasteiger partial charge < -0.3 is 0 Å². The zero-order valence-corrected chi connectivity index (χ0v) is 28.8. The van der Waals surface area contributed by atoms with E-state index in [-0.39, 0.29) is 16.5 Å². The maximum atomic E-state index is 7.98. The summed E-state index contributed by atoms with van der Waals surface area (Å²) in [5.41, 5.74) is 0. The van der Waals surface area contributed by atoms with Crippen LogP contribution >= 0.6 is 37.7 Å². The molecule has 0 nitrogen and oxygen atoms in total. The minimum Gasteiger partial charge on any atom is 0 e. The normalized spacial score (nSPS) is 12.6. The van der Waals surface area contributed by atoms with Crippen molar-refractivity contribution in [1.29, 1.82) is 0 Å². The van der Waals surface area contributed by atoms with Crippen molar-refractivity contribution >= 4 is 69.6 Å². The quantitative estimate of drug-likeness (QED) is 0.0776. The number of hydrogen-bond acceptors (Lipinski definition) is 0. The maximum absolute atomic E-state index is 7.98. The summed E-state index contributed by atoms with van der Waals surface area (Å²) in [6.07, 6.45) is 1.49. The summed E-state index contributed by atoms with van der Waals surface area (Å²) in [7, 11) is -5.56. The van der Waals surface area contributed by atoms with Gasteiger partial charge in [0.25, 0.3) is 0 Å². The van der Waals surface area contributed by atoms with Crippen molar-refractivity contribution in [3.8, 4) is 0 Å². The molecule has 0 fully saturated rings. The van der Waals surface area contributed by atoms with Crippen LogP contribution in [0.2, 0.25) is 0 Å². The predicted octanol–water partition coefficient (Wildman–Crippen LogP) is 7.96. The molecule has 0 aliphatic carbocycles. The van der Waals surface area contributed by atoms with Gasteiger partial charge in [0.05, 0.1) is 0 Å². The van der Waals surface area contributed by atoms with E-state index in [1.54, 1.807) is 0 Å². The van der Waals surface area contributed by atoms with Gasteiger partial charge in [-0.1, -0.05) is 0 Å². The molecule has 6 aromatic carbocycles. The van der Waals surface area contributed by atoms with Crippen LogP contribution in [0.4, 0.5) is 0 Å². The summed E-state index contributed by atoms with van der Waals surface area (Å²) < 4.78 is -1.06. The second kappa shape index (κ2) is 14.6. The molecule has 0 atom stereocenters. The van der Waals surface area contributed by atoms with Crippen LogP contribution in [0.3, 0.4) is 0 Å². The van der Waals surface area contributed by atoms with Gasteiger partial charge in [-0.25, -0.2) is 0 Å². The molecular formula is C39H36Cl2NiP2. The van der Waals surface area contributed by atoms with Crippen LogP contribution in [0, 0.1) is 0 Å². The molecule has 6 rings (SSSR count). The molecule has 0 saturated heterocycles. The van der Waals surface area contributed by atoms with Crippen LogP contribution in [0.5, 0.6) is 0 Å². The summed E-state index contributed by atoms with van der Waals surface area (Å²) in [6.45, 7) is 0. The van der Waals surface area contributed by atoms with Gasteiger partial charge in [-0.15, -0.1) is 0 Å². The van der Waals surface area contributed by atoms with Gasteiger partial charge in [0.1, 0.15) is 0 Å². The minimum absolute atomic E-state index is 0. The number of rotatable bonds is 10. The van der Waals surface area contributed by atoms with E-state index in [9.17, 15) is 0 Å². The molecule has 0 saturated carbocycles. The summed E-state index contributed by atoms with van der Waals surface area (Å²) in [4.78, 5) is 0. The van der Waals surface area contributed by atoms with Crippen molar-refractivity contribution in [1.82, 2.24) is 0 Å². The average molecular weight is 696 g/mol. The smallest absolute Gasteiger partial charge is 0 e. The van der Waals surface area contributed by atoms with E-state index in [4.69, 9.17) is 23.2 Å². The molecule has 0 amide bonds. The Labute approximate surface area is 283 Å². The monoisotopic (exact) mass is 694 g/mol. The van der Waals surface area contributed by atoms with Crippen molar-refractivity contribution in [2.75, 3.05) is 6.16 Å². The summed E-state index contributed by atoms with van der Waals surface area (Å²) in [5.74, 6) is 0. The number of benzene rings is 6. The molecule has 0 aliphatic rings. The first-order chi connectivity index (χ1) is 21.1. The Morgan fingerprint density at radius 2 is 0.591 bits per heavy atom. The van der Waals surface area contributed by atoms with E-state index in [1.165, 1.54) is 31.8 Å². The van der Waals surface area contributed by atoms with Crippen LogP contribution in [0.15, 0.2) is 182 Å².